The van der Waals surface area contributed by atoms with Gasteiger partial charge < -0.3 is 9.47 Å². The van der Waals surface area contributed by atoms with Gasteiger partial charge in [-0.3, -0.25) is 0 Å². The number of anilines is 1. The third kappa shape index (κ3) is 3.20. The molecule has 0 spiro atoms. The van der Waals surface area contributed by atoms with E-state index in [1.54, 1.807) is 23.3 Å². The summed E-state index contributed by atoms with van der Waals surface area (Å²) in [5.41, 5.74) is 0. The van der Waals surface area contributed by atoms with Gasteiger partial charge in [0.1, 0.15) is 0 Å². The minimum atomic E-state index is -3.54. The minimum absolute atomic E-state index is 0.110. The lowest BCUT2D eigenvalue weighted by molar-refractivity contribution is 0.382. The number of aromatic nitrogens is 4. The van der Waals surface area contributed by atoms with Crippen LogP contribution in [0.25, 0.3) is 0 Å². The summed E-state index contributed by atoms with van der Waals surface area (Å²) in [5.74, 6) is 0.772. The Bertz CT molecular complexity index is 751. The molecule has 0 radical (unpaired) electrons. The van der Waals surface area contributed by atoms with Crippen LogP contribution in [-0.2, 0) is 10.0 Å². The molecule has 3 heterocycles. The van der Waals surface area contributed by atoms with E-state index in [-0.39, 0.29) is 11.1 Å². The summed E-state index contributed by atoms with van der Waals surface area (Å²) in [6, 6.07) is 3.88. The molecule has 3 rings (SSSR count). The van der Waals surface area contributed by atoms with Gasteiger partial charge in [-0.05, 0) is 26.0 Å². The summed E-state index contributed by atoms with van der Waals surface area (Å²) in [4.78, 5) is 6.09. The maximum absolute atomic E-state index is 12.7. The Labute approximate surface area is 135 Å². The van der Waals surface area contributed by atoms with Crippen LogP contribution in [-0.4, -0.2) is 58.7 Å². The molecule has 0 bridgehead atoms. The molecular formula is C14H20N6O2S. The predicted molar refractivity (Wildman–Crippen MR) is 85.6 cm³/mol. The molecule has 0 N–H and O–H groups in total. The minimum Gasteiger partial charge on any atom is -0.352 e. The highest BCUT2D eigenvalue weighted by Gasteiger charge is 2.30. The maximum Gasteiger partial charge on any atom is 0.262 e. The Hall–Kier alpha value is -2.00. The lowest BCUT2D eigenvalue weighted by atomic mass is 10.3. The van der Waals surface area contributed by atoms with E-state index < -0.39 is 10.0 Å². The van der Waals surface area contributed by atoms with E-state index in [0.717, 1.165) is 5.82 Å². The number of piperazine rings is 1. The van der Waals surface area contributed by atoms with Crippen molar-refractivity contribution in [1.29, 1.82) is 0 Å². The van der Waals surface area contributed by atoms with Gasteiger partial charge in [0.15, 0.2) is 10.8 Å². The van der Waals surface area contributed by atoms with Crippen molar-refractivity contribution in [3.63, 3.8) is 0 Å². The summed E-state index contributed by atoms with van der Waals surface area (Å²) in [6.07, 6.45) is 4.78. The van der Waals surface area contributed by atoms with Crippen molar-refractivity contribution in [2.24, 2.45) is 0 Å². The van der Waals surface area contributed by atoms with Crippen LogP contribution >= 0.6 is 0 Å². The molecule has 0 aromatic carbocycles. The van der Waals surface area contributed by atoms with Crippen LogP contribution in [0.4, 0.5) is 5.82 Å². The van der Waals surface area contributed by atoms with Gasteiger partial charge in [0.2, 0.25) is 0 Å². The molecule has 0 saturated carbocycles. The van der Waals surface area contributed by atoms with E-state index in [0.29, 0.717) is 26.2 Å². The van der Waals surface area contributed by atoms with Gasteiger partial charge in [-0.25, -0.2) is 13.4 Å². The molecule has 23 heavy (non-hydrogen) atoms. The number of rotatable bonds is 4. The third-order valence-electron chi connectivity index (χ3n) is 3.90. The van der Waals surface area contributed by atoms with Crippen LogP contribution in [0.3, 0.4) is 0 Å². The number of hydrogen-bond acceptors (Lipinski definition) is 6. The van der Waals surface area contributed by atoms with Gasteiger partial charge in [0.05, 0.1) is 6.33 Å². The molecule has 2 aromatic rings. The van der Waals surface area contributed by atoms with E-state index in [2.05, 4.69) is 15.2 Å². The van der Waals surface area contributed by atoms with Crippen LogP contribution < -0.4 is 4.90 Å². The van der Waals surface area contributed by atoms with E-state index >= 15 is 0 Å². The topological polar surface area (TPSA) is 84.2 Å². The maximum atomic E-state index is 12.7. The summed E-state index contributed by atoms with van der Waals surface area (Å²) >= 11 is 0. The second kappa shape index (κ2) is 6.25. The van der Waals surface area contributed by atoms with Gasteiger partial charge in [0, 0.05) is 44.6 Å². The number of sulfonamides is 1. The Morgan fingerprint density at radius 3 is 2.48 bits per heavy atom. The van der Waals surface area contributed by atoms with Crippen LogP contribution in [0.1, 0.15) is 19.9 Å². The van der Waals surface area contributed by atoms with Crippen molar-refractivity contribution >= 4 is 15.8 Å². The Balaban J connectivity index is 1.71. The van der Waals surface area contributed by atoms with Gasteiger partial charge in [-0.2, -0.15) is 9.40 Å². The molecule has 0 amide bonds. The second-order valence-corrected chi connectivity index (χ2v) is 7.61. The summed E-state index contributed by atoms with van der Waals surface area (Å²) < 4.78 is 28.6. The third-order valence-corrected chi connectivity index (χ3v) is 5.68. The highest BCUT2D eigenvalue weighted by atomic mass is 32.2. The molecule has 8 nitrogen and oxygen atoms in total. The number of imidazole rings is 1. The van der Waals surface area contributed by atoms with Crippen LogP contribution in [0.15, 0.2) is 35.9 Å². The molecule has 0 unspecified atom stereocenters. The largest absolute Gasteiger partial charge is 0.352 e. The Morgan fingerprint density at radius 2 is 1.91 bits per heavy atom. The summed E-state index contributed by atoms with van der Waals surface area (Å²) in [6.45, 7) is 5.96. The van der Waals surface area contributed by atoms with Crippen molar-refractivity contribution < 1.29 is 8.42 Å². The van der Waals surface area contributed by atoms with Crippen LogP contribution in [0, 0.1) is 0 Å². The van der Waals surface area contributed by atoms with E-state index in [1.165, 1.54) is 4.31 Å². The number of hydrogen-bond donors (Lipinski definition) is 0. The average molecular weight is 336 g/mol. The van der Waals surface area contributed by atoms with Gasteiger partial charge in [-0.1, -0.05) is 0 Å². The Kier molecular flexibility index (Phi) is 4.31. The molecule has 0 atom stereocenters. The zero-order valence-corrected chi connectivity index (χ0v) is 14.0. The lowest BCUT2D eigenvalue weighted by Crippen LogP contribution is -2.49. The van der Waals surface area contributed by atoms with Gasteiger partial charge in [-0.15, -0.1) is 5.10 Å². The molecule has 2 aromatic heterocycles. The zero-order valence-electron chi connectivity index (χ0n) is 13.2. The molecule has 124 valence electrons. The highest BCUT2D eigenvalue weighted by molar-refractivity contribution is 7.89. The fraction of sp³-hybridized carbons (Fsp3) is 0.500. The van der Waals surface area contributed by atoms with Crippen molar-refractivity contribution in [1.82, 2.24) is 24.1 Å². The fourth-order valence-electron chi connectivity index (χ4n) is 2.49. The van der Waals surface area contributed by atoms with Crippen molar-refractivity contribution in [3.05, 3.63) is 30.9 Å². The first-order chi connectivity index (χ1) is 11.0. The quantitative estimate of drug-likeness (QED) is 0.820. The van der Waals surface area contributed by atoms with Gasteiger partial charge >= 0.3 is 0 Å². The monoisotopic (exact) mass is 336 g/mol. The normalized spacial score (nSPS) is 16.9. The first kappa shape index (κ1) is 15.9. The standard InChI is InChI=1S/C14H20N6O2S/c1-12(2)19-10-14(15-11-19)23(21,22)20-8-6-18(7-9-20)13-4-3-5-16-17-13/h3-5,10-12H,6-9H2,1-2H3. The first-order valence-corrected chi connectivity index (χ1v) is 8.99. The fourth-order valence-corrected chi connectivity index (χ4v) is 3.83. The van der Waals surface area contributed by atoms with Gasteiger partial charge in [0.25, 0.3) is 10.0 Å². The smallest absolute Gasteiger partial charge is 0.262 e. The van der Waals surface area contributed by atoms with Crippen molar-refractivity contribution in [2.75, 3.05) is 31.1 Å². The molecular weight excluding hydrogens is 316 g/mol. The van der Waals surface area contributed by atoms with E-state index in [4.69, 9.17) is 0 Å². The molecule has 1 saturated heterocycles. The second-order valence-electron chi connectivity index (χ2n) is 5.73. The number of nitrogens with zero attached hydrogens (tertiary/aromatic N) is 6. The lowest BCUT2D eigenvalue weighted by Gasteiger charge is -2.33. The highest BCUT2D eigenvalue weighted by Crippen LogP contribution is 2.19. The zero-order chi connectivity index (χ0) is 16.4. The molecule has 9 heteroatoms. The molecule has 1 aliphatic rings. The summed E-state index contributed by atoms with van der Waals surface area (Å²) in [5, 5.41) is 8.03. The van der Waals surface area contributed by atoms with Crippen LogP contribution in [0.2, 0.25) is 0 Å². The first-order valence-electron chi connectivity index (χ1n) is 7.55. The molecule has 0 aliphatic carbocycles. The van der Waals surface area contributed by atoms with E-state index in [9.17, 15) is 8.42 Å². The summed E-state index contributed by atoms with van der Waals surface area (Å²) in [7, 11) is -3.54. The molecule has 1 fully saturated rings. The van der Waals surface area contributed by atoms with Crippen molar-refractivity contribution in [2.45, 2.75) is 24.9 Å². The average Bonchev–Trinajstić information content (AvgIpc) is 3.07. The van der Waals surface area contributed by atoms with Crippen LogP contribution in [0.5, 0.6) is 0 Å². The van der Waals surface area contributed by atoms with E-state index in [1.807, 2.05) is 30.9 Å². The predicted octanol–water partition coefficient (Wildman–Crippen LogP) is 0.765. The Morgan fingerprint density at radius 1 is 1.17 bits per heavy atom. The SMILES string of the molecule is CC(C)n1cnc(S(=O)(=O)N2CCN(c3cccnn3)CC2)c1. The molecule has 1 aliphatic heterocycles. The van der Waals surface area contributed by atoms with Crippen molar-refractivity contribution in [3.8, 4) is 0 Å².